The van der Waals surface area contributed by atoms with Crippen LogP contribution in [0.3, 0.4) is 0 Å². The second kappa shape index (κ2) is 7.29. The van der Waals surface area contributed by atoms with E-state index in [4.69, 9.17) is 5.73 Å². The van der Waals surface area contributed by atoms with E-state index in [0.29, 0.717) is 16.7 Å². The van der Waals surface area contributed by atoms with Gasteiger partial charge in [-0.15, -0.1) is 0 Å². The predicted molar refractivity (Wildman–Crippen MR) is 111 cm³/mol. The van der Waals surface area contributed by atoms with Gasteiger partial charge in [0.15, 0.2) is 0 Å². The molecule has 146 valence electrons. The molecule has 0 fully saturated rings. The van der Waals surface area contributed by atoms with Crippen molar-refractivity contribution in [1.29, 1.82) is 0 Å². The first-order valence-electron chi connectivity index (χ1n) is 9.95. The lowest BCUT2D eigenvalue weighted by Gasteiger charge is -2.56. The van der Waals surface area contributed by atoms with Gasteiger partial charge in [-0.2, -0.15) is 0 Å². The maximum atomic E-state index is 6.26. The van der Waals surface area contributed by atoms with Crippen LogP contribution in [0.2, 0.25) is 0 Å². The third kappa shape index (κ3) is 7.89. The highest BCUT2D eigenvalue weighted by Gasteiger charge is 2.50. The number of rotatable bonds is 7. The third-order valence-electron chi connectivity index (χ3n) is 5.16. The fraction of sp³-hybridized carbons (Fsp3) is 1.00. The molecular weight excluding hydrogens is 290 g/mol. The van der Waals surface area contributed by atoms with Crippen molar-refractivity contribution in [3.05, 3.63) is 0 Å². The van der Waals surface area contributed by atoms with Crippen molar-refractivity contribution in [3.8, 4) is 0 Å². The molecule has 0 saturated carbocycles. The van der Waals surface area contributed by atoms with Crippen LogP contribution in [0.15, 0.2) is 0 Å². The van der Waals surface area contributed by atoms with Crippen molar-refractivity contribution in [1.82, 2.24) is 0 Å². The standard InChI is InChI=1S/C23H49N/c1-17(24)14-21(8,9)18(22(10,11)15-19(2,3)4)23(12,13)16-20(5,6)7/h17-18H,14-16,24H2,1-13H3. The summed E-state index contributed by atoms with van der Waals surface area (Å²) in [5.74, 6) is 0.613. The molecule has 1 unspecified atom stereocenters. The molecule has 2 N–H and O–H groups in total. The highest BCUT2D eigenvalue weighted by atomic mass is 14.6. The third-order valence-corrected chi connectivity index (χ3v) is 5.16. The minimum absolute atomic E-state index is 0.220. The second-order valence-electron chi connectivity index (χ2n) is 13.1. The van der Waals surface area contributed by atoms with Gasteiger partial charge < -0.3 is 5.73 Å². The zero-order valence-electron chi connectivity index (χ0n) is 19.4. The van der Waals surface area contributed by atoms with Crippen LogP contribution in [0, 0.1) is 33.0 Å². The Labute approximate surface area is 154 Å². The second-order valence-corrected chi connectivity index (χ2v) is 13.1. The Bertz CT molecular complexity index is 357. The van der Waals surface area contributed by atoms with Gasteiger partial charge in [-0.1, -0.05) is 83.1 Å². The smallest absolute Gasteiger partial charge is 0.00156 e. The lowest BCUT2D eigenvalue weighted by molar-refractivity contribution is -0.0678. The Balaban J connectivity index is 6.02. The van der Waals surface area contributed by atoms with Gasteiger partial charge in [0.2, 0.25) is 0 Å². The molecule has 0 saturated heterocycles. The minimum Gasteiger partial charge on any atom is -0.328 e. The van der Waals surface area contributed by atoms with Gasteiger partial charge in [-0.25, -0.2) is 0 Å². The first kappa shape index (κ1) is 24.0. The molecule has 0 aromatic carbocycles. The van der Waals surface area contributed by atoms with E-state index in [0.717, 1.165) is 6.42 Å². The van der Waals surface area contributed by atoms with E-state index in [1.54, 1.807) is 0 Å². The Morgan fingerprint density at radius 2 is 0.875 bits per heavy atom. The largest absolute Gasteiger partial charge is 0.328 e. The topological polar surface area (TPSA) is 26.0 Å². The summed E-state index contributed by atoms with van der Waals surface area (Å²) < 4.78 is 0. The molecule has 0 radical (unpaired) electrons. The number of hydrogen-bond acceptors (Lipinski definition) is 1. The van der Waals surface area contributed by atoms with Gasteiger partial charge in [0.1, 0.15) is 0 Å². The molecule has 0 aromatic heterocycles. The fourth-order valence-corrected chi connectivity index (χ4v) is 7.06. The van der Waals surface area contributed by atoms with Crippen LogP contribution < -0.4 is 5.73 Å². The average Bonchev–Trinajstić information content (AvgIpc) is 2.00. The van der Waals surface area contributed by atoms with E-state index < -0.39 is 0 Å². The SMILES string of the molecule is CC(N)CC(C)(C)C(C(C)(C)CC(C)(C)C)C(C)(C)CC(C)(C)C. The van der Waals surface area contributed by atoms with Gasteiger partial charge in [-0.05, 0) is 59.2 Å². The van der Waals surface area contributed by atoms with Crippen molar-refractivity contribution in [2.45, 2.75) is 115 Å². The van der Waals surface area contributed by atoms with Crippen molar-refractivity contribution >= 4 is 0 Å². The summed E-state index contributed by atoms with van der Waals surface area (Å²) in [5, 5.41) is 0. The van der Waals surface area contributed by atoms with Crippen LogP contribution >= 0.6 is 0 Å². The quantitative estimate of drug-likeness (QED) is 0.517. The van der Waals surface area contributed by atoms with Gasteiger partial charge in [-0.3, -0.25) is 0 Å². The fourth-order valence-electron chi connectivity index (χ4n) is 7.06. The molecule has 0 aliphatic heterocycles. The maximum absolute atomic E-state index is 6.26. The van der Waals surface area contributed by atoms with Gasteiger partial charge in [0.25, 0.3) is 0 Å². The first-order chi connectivity index (χ1) is 10.2. The van der Waals surface area contributed by atoms with Gasteiger partial charge >= 0.3 is 0 Å². The zero-order chi connectivity index (χ0) is 19.8. The molecule has 0 amide bonds. The predicted octanol–water partition coefficient (Wildman–Crippen LogP) is 7.29. The lowest BCUT2D eigenvalue weighted by atomic mass is 9.49. The molecular formula is C23H49N. The Morgan fingerprint density at radius 3 is 1.08 bits per heavy atom. The van der Waals surface area contributed by atoms with E-state index >= 15 is 0 Å². The van der Waals surface area contributed by atoms with E-state index in [-0.39, 0.29) is 22.3 Å². The summed E-state index contributed by atoms with van der Waals surface area (Å²) in [6.45, 7) is 31.3. The molecule has 0 aromatic rings. The lowest BCUT2D eigenvalue weighted by Crippen LogP contribution is -2.49. The number of hydrogen-bond donors (Lipinski definition) is 1. The monoisotopic (exact) mass is 339 g/mol. The van der Waals surface area contributed by atoms with Crippen LogP contribution in [0.5, 0.6) is 0 Å². The highest BCUT2D eigenvalue weighted by molar-refractivity contribution is 5.00. The summed E-state index contributed by atoms with van der Waals surface area (Å²) in [6, 6.07) is 0.248. The summed E-state index contributed by atoms with van der Waals surface area (Å²) in [6.07, 6.45) is 3.56. The van der Waals surface area contributed by atoms with E-state index in [9.17, 15) is 0 Å². The molecule has 24 heavy (non-hydrogen) atoms. The zero-order valence-corrected chi connectivity index (χ0v) is 19.4. The van der Waals surface area contributed by atoms with Crippen LogP contribution in [0.25, 0.3) is 0 Å². The Kier molecular flexibility index (Phi) is 7.28. The average molecular weight is 340 g/mol. The van der Waals surface area contributed by atoms with E-state index in [1.807, 2.05) is 0 Å². The first-order valence-corrected chi connectivity index (χ1v) is 9.95. The minimum atomic E-state index is 0.220. The molecule has 0 rings (SSSR count). The summed E-state index contributed by atoms with van der Waals surface area (Å²) in [4.78, 5) is 0. The Morgan fingerprint density at radius 1 is 0.583 bits per heavy atom. The summed E-state index contributed by atoms with van der Waals surface area (Å²) in [7, 11) is 0. The molecule has 0 heterocycles. The summed E-state index contributed by atoms with van der Waals surface area (Å²) >= 11 is 0. The van der Waals surface area contributed by atoms with Gasteiger partial charge in [0, 0.05) is 6.04 Å². The molecule has 0 aliphatic carbocycles. The highest BCUT2D eigenvalue weighted by Crippen LogP contribution is 2.58. The van der Waals surface area contributed by atoms with E-state index in [1.165, 1.54) is 12.8 Å². The van der Waals surface area contributed by atoms with Crippen molar-refractivity contribution in [2.75, 3.05) is 0 Å². The van der Waals surface area contributed by atoms with Crippen molar-refractivity contribution < 1.29 is 0 Å². The molecule has 0 spiro atoms. The molecule has 0 aliphatic rings. The van der Waals surface area contributed by atoms with Gasteiger partial charge in [0.05, 0.1) is 0 Å². The molecule has 1 nitrogen and oxygen atoms in total. The molecule has 1 heteroatoms. The van der Waals surface area contributed by atoms with Crippen molar-refractivity contribution in [3.63, 3.8) is 0 Å². The maximum Gasteiger partial charge on any atom is 0.00156 e. The number of nitrogens with two attached hydrogens (primary N) is 1. The molecule has 1 atom stereocenters. The van der Waals surface area contributed by atoms with Crippen LogP contribution in [-0.4, -0.2) is 6.04 Å². The molecule has 0 bridgehead atoms. The van der Waals surface area contributed by atoms with Crippen LogP contribution in [0.1, 0.15) is 109 Å². The Hall–Kier alpha value is -0.0400. The normalized spacial score (nSPS) is 16.6. The van der Waals surface area contributed by atoms with Crippen molar-refractivity contribution in [2.24, 2.45) is 38.7 Å². The summed E-state index contributed by atoms with van der Waals surface area (Å²) in [5.41, 5.74) is 7.69. The van der Waals surface area contributed by atoms with Crippen LogP contribution in [0.4, 0.5) is 0 Å². The van der Waals surface area contributed by atoms with Crippen LogP contribution in [-0.2, 0) is 0 Å². The van der Waals surface area contributed by atoms with E-state index in [2.05, 4.69) is 90.0 Å².